The lowest BCUT2D eigenvalue weighted by Crippen LogP contribution is -2.35. The Morgan fingerprint density at radius 3 is 2.12 bits per heavy atom. The molecule has 3 amide bonds. The summed E-state index contributed by atoms with van der Waals surface area (Å²) >= 11 is 0.281. The molecule has 1 unspecified atom stereocenters. The van der Waals surface area contributed by atoms with Gasteiger partial charge in [0.1, 0.15) is 20.4 Å². The van der Waals surface area contributed by atoms with E-state index in [1.54, 1.807) is 20.8 Å². The summed E-state index contributed by atoms with van der Waals surface area (Å²) in [5.74, 6) is -0.807. The highest BCUT2D eigenvalue weighted by molar-refractivity contribution is 7.75. The first-order valence-electron chi connectivity index (χ1n) is 8.36. The molecule has 0 spiro atoms. The number of carbonyl (C=O) groups is 3. The molecule has 146 valence electrons. The van der Waals surface area contributed by atoms with Crippen molar-refractivity contribution in [2.24, 2.45) is 5.92 Å². The molecule has 0 aromatic carbocycles. The molecule has 0 aliphatic heterocycles. The number of alkyl carbamates (subject to hydrolysis) is 2. The van der Waals surface area contributed by atoms with Crippen molar-refractivity contribution in [1.29, 1.82) is 1.12 Å². The molecule has 0 bridgehead atoms. The Hall–Kier alpha value is -1.72. The molecule has 1 atom stereocenters. The van der Waals surface area contributed by atoms with Crippen LogP contribution >= 0.6 is 12.8 Å². The predicted octanol–water partition coefficient (Wildman–Crippen LogP) is 0.783. The van der Waals surface area contributed by atoms with Crippen molar-refractivity contribution >= 4 is 30.9 Å². The number of rotatable bonds is 13. The van der Waals surface area contributed by atoms with E-state index >= 15 is 0 Å². The summed E-state index contributed by atoms with van der Waals surface area (Å²) in [6.45, 7) is 5.98. The van der Waals surface area contributed by atoms with Crippen LogP contribution in [0.15, 0.2) is 0 Å². The molecular formula is C14H27N3O7S. The fourth-order valence-electron chi connectivity index (χ4n) is 1.56. The van der Waals surface area contributed by atoms with Crippen LogP contribution in [0.4, 0.5) is 9.59 Å². The van der Waals surface area contributed by atoms with E-state index in [0.29, 0.717) is 19.5 Å². The van der Waals surface area contributed by atoms with E-state index in [-0.39, 0.29) is 38.5 Å². The first kappa shape index (κ1) is 21.3. The summed E-state index contributed by atoms with van der Waals surface area (Å²) in [4.78, 5) is 34.3. The van der Waals surface area contributed by atoms with Gasteiger partial charge in [-0.2, -0.15) is 0 Å². The predicted molar refractivity (Wildman–Crippen MR) is 91.8 cm³/mol. The van der Waals surface area contributed by atoms with Crippen LogP contribution in [-0.2, 0) is 23.3 Å². The minimum absolute atomic E-state index is 0.107. The number of hydrogen-bond acceptors (Lipinski definition) is 8. The average molecular weight is 383 g/mol. The van der Waals surface area contributed by atoms with Crippen LogP contribution < -0.4 is 16.1 Å². The molecule has 0 aromatic rings. The minimum Gasteiger partial charge on any atom is -0.447 e. The first-order valence-corrected chi connectivity index (χ1v) is 8.29. The lowest BCUT2D eigenvalue weighted by Gasteiger charge is -2.19. The fraction of sp³-hybridized carbons (Fsp3) is 0.786. The Morgan fingerprint density at radius 2 is 1.64 bits per heavy atom. The van der Waals surface area contributed by atoms with Gasteiger partial charge in [0, 0.05) is 38.4 Å². The monoisotopic (exact) mass is 383 g/mol. The van der Waals surface area contributed by atoms with E-state index in [1.807, 2.05) is 0 Å². The number of carbonyl (C=O) groups excluding carboxylic acids is 3. The normalized spacial score (nSPS) is 12.1. The largest absolute Gasteiger partial charge is 0.447 e. The molecule has 0 saturated heterocycles. The van der Waals surface area contributed by atoms with Crippen LogP contribution in [0, 0.1) is 5.92 Å². The zero-order chi connectivity index (χ0) is 19.8. The third kappa shape index (κ3) is 12.3. The summed E-state index contributed by atoms with van der Waals surface area (Å²) in [7, 11) is 0. The van der Waals surface area contributed by atoms with Crippen molar-refractivity contribution in [3.63, 3.8) is 0 Å². The topological polar surface area (TPSA) is 124 Å². The summed E-state index contributed by atoms with van der Waals surface area (Å²) in [6, 6.07) is 0. The van der Waals surface area contributed by atoms with Crippen molar-refractivity contribution < 1.29 is 32.9 Å². The molecule has 11 heteroatoms. The van der Waals surface area contributed by atoms with Gasteiger partial charge in [0.05, 0.1) is 0 Å². The third-order valence-electron chi connectivity index (χ3n) is 2.94. The van der Waals surface area contributed by atoms with Crippen molar-refractivity contribution in [3.8, 4) is 0 Å². The Morgan fingerprint density at radius 1 is 1.08 bits per heavy atom. The number of thiol groups is 1. The Bertz CT molecular complexity index is 409. The van der Waals surface area contributed by atoms with Crippen LogP contribution in [0.5, 0.6) is 0 Å². The average Bonchev–Trinajstić information content (AvgIpc) is 2.61. The summed E-state index contributed by atoms with van der Waals surface area (Å²) < 4.78 is 26.7. The van der Waals surface area contributed by atoms with Crippen molar-refractivity contribution in [1.82, 2.24) is 16.1 Å². The maximum absolute atomic E-state index is 11.6. The molecule has 0 radical (unpaired) electrons. The highest BCUT2D eigenvalue weighted by Gasteiger charge is 2.18. The van der Waals surface area contributed by atoms with E-state index in [9.17, 15) is 14.4 Å². The molecule has 0 aromatic heterocycles. The molecule has 0 aliphatic rings. The van der Waals surface area contributed by atoms with Gasteiger partial charge in [0.25, 0.3) is 0 Å². The summed E-state index contributed by atoms with van der Waals surface area (Å²) in [6.07, 6.45) is -1.51. The van der Waals surface area contributed by atoms with Crippen LogP contribution in [-0.4, -0.2) is 58.2 Å². The second-order valence-corrected chi connectivity index (χ2v) is 5.16. The van der Waals surface area contributed by atoms with Gasteiger partial charge < -0.3 is 24.8 Å². The maximum Gasteiger partial charge on any atom is 0.407 e. The smallest absolute Gasteiger partial charge is 0.407 e. The van der Waals surface area contributed by atoms with Gasteiger partial charge in [-0.15, -0.1) is 0 Å². The zero-order valence-electron chi connectivity index (χ0n) is 15.7. The molecule has 0 rings (SSSR count). The number of hydroxylamine groups is 1. The highest BCUT2D eigenvalue weighted by atomic mass is 32.1. The Labute approximate surface area is 153 Å². The second-order valence-electron chi connectivity index (χ2n) is 4.99. The van der Waals surface area contributed by atoms with Gasteiger partial charge in [0.15, 0.2) is 0 Å². The summed E-state index contributed by atoms with van der Waals surface area (Å²) in [5.41, 5.74) is 2.10. The molecular weight excluding hydrogens is 354 g/mol. The molecule has 0 aliphatic carbocycles. The van der Waals surface area contributed by atoms with E-state index in [2.05, 4.69) is 20.4 Å². The van der Waals surface area contributed by atoms with E-state index < -0.39 is 24.2 Å². The second kappa shape index (κ2) is 14.6. The van der Waals surface area contributed by atoms with Crippen LogP contribution in [0.25, 0.3) is 0 Å². The van der Waals surface area contributed by atoms with Crippen LogP contribution in [0.2, 0.25) is 0 Å². The van der Waals surface area contributed by atoms with Gasteiger partial charge in [-0.1, -0.05) is 6.92 Å². The molecule has 0 saturated carbocycles. The quantitative estimate of drug-likeness (QED) is 0.210. The number of nitrogens with one attached hydrogen (secondary N) is 3. The number of hydrogen-bond donors (Lipinski definition) is 4. The third-order valence-corrected chi connectivity index (χ3v) is 3.02. The van der Waals surface area contributed by atoms with E-state index in [1.165, 1.54) is 0 Å². The van der Waals surface area contributed by atoms with E-state index in [4.69, 9.17) is 15.3 Å². The van der Waals surface area contributed by atoms with Crippen molar-refractivity contribution in [3.05, 3.63) is 0 Å². The SMILES string of the molecule is [3H]SONC(=O)C(C)CCOC(COC(=O)NCC)COC(=O)NCC. The Kier molecular flexibility index (Phi) is 12.5. The Balaban J connectivity index is 4.33. The zero-order valence-corrected chi connectivity index (χ0v) is 15.5. The molecule has 25 heavy (non-hydrogen) atoms. The lowest BCUT2D eigenvalue weighted by molar-refractivity contribution is -0.131. The lowest BCUT2D eigenvalue weighted by atomic mass is 10.1. The van der Waals surface area contributed by atoms with Crippen LogP contribution in [0.3, 0.4) is 0 Å². The number of amides is 3. The maximum atomic E-state index is 11.6. The number of ether oxygens (including phenoxy) is 3. The molecule has 0 fully saturated rings. The van der Waals surface area contributed by atoms with Gasteiger partial charge in [-0.05, 0) is 20.3 Å². The van der Waals surface area contributed by atoms with Gasteiger partial charge in [-0.3, -0.25) is 4.79 Å². The van der Waals surface area contributed by atoms with Crippen molar-refractivity contribution in [2.75, 3.05) is 32.9 Å². The van der Waals surface area contributed by atoms with Gasteiger partial charge in [0.2, 0.25) is 5.91 Å². The van der Waals surface area contributed by atoms with Gasteiger partial charge in [-0.25, -0.2) is 19.4 Å². The standard InChI is InChI=1S/C14H27N3O7S/c1-4-15-13(19)22-8-11(9-23-14(20)16-5-2)21-7-6-10(3)12(18)17-24-25/h10-11,25H,4-9H2,1-3H3,(H,15,19)(H,16,20)(H,17,18)/i/hT. The minimum atomic E-state index is -0.671. The molecule has 3 N–H and O–H groups in total. The molecule has 0 heterocycles. The first-order chi connectivity index (χ1) is 12.4. The van der Waals surface area contributed by atoms with Crippen LogP contribution in [0.1, 0.15) is 27.2 Å². The highest BCUT2D eigenvalue weighted by Crippen LogP contribution is 2.05. The van der Waals surface area contributed by atoms with E-state index in [0.717, 1.165) is 0 Å². The van der Waals surface area contributed by atoms with Crippen molar-refractivity contribution in [2.45, 2.75) is 33.3 Å². The molecule has 10 nitrogen and oxygen atoms in total. The fourth-order valence-corrected chi connectivity index (χ4v) is 1.64. The summed E-state index contributed by atoms with van der Waals surface area (Å²) in [5, 5.41) is 4.95. The van der Waals surface area contributed by atoms with Gasteiger partial charge >= 0.3 is 12.2 Å².